The molecule has 17 heavy (non-hydrogen) atoms. The number of aromatic nitrogens is 1. The largest absolute Gasteiger partial charge is 0.236 e. The van der Waals surface area contributed by atoms with E-state index in [1.165, 1.54) is 17.4 Å². The second-order valence-corrected chi connectivity index (χ2v) is 5.02. The number of rotatable bonds is 1. The van der Waals surface area contributed by atoms with Crippen LogP contribution >= 0.6 is 22.9 Å². The third kappa shape index (κ3) is 1.81. The van der Waals surface area contributed by atoms with Gasteiger partial charge in [0.25, 0.3) is 0 Å². The molecule has 1 aromatic heterocycles. The van der Waals surface area contributed by atoms with Crippen molar-refractivity contribution in [2.24, 2.45) is 0 Å². The molecule has 84 valence electrons. The molecule has 0 saturated carbocycles. The number of benzene rings is 2. The zero-order chi connectivity index (χ0) is 11.8. The number of fused-ring (bicyclic) bond motifs is 1. The fraction of sp³-hybridized carbons (Fsp3) is 0. The van der Waals surface area contributed by atoms with Gasteiger partial charge in [-0.2, -0.15) is 0 Å². The van der Waals surface area contributed by atoms with Crippen LogP contribution in [-0.4, -0.2) is 4.98 Å². The summed E-state index contributed by atoms with van der Waals surface area (Å²) in [5.74, 6) is -0.337. The molecule has 0 N–H and O–H groups in total. The second-order valence-electron chi connectivity index (χ2n) is 3.58. The number of hydrogen-bond donors (Lipinski definition) is 0. The molecule has 1 heterocycles. The molecule has 0 saturated heterocycles. The number of nitrogens with zero attached hydrogens (tertiary/aromatic N) is 1. The molecule has 0 aliphatic carbocycles. The lowest BCUT2D eigenvalue weighted by atomic mass is 10.2. The Morgan fingerprint density at radius 3 is 2.65 bits per heavy atom. The van der Waals surface area contributed by atoms with Crippen LogP contribution in [0.2, 0.25) is 5.02 Å². The Balaban J connectivity index is 2.27. The van der Waals surface area contributed by atoms with Crippen LogP contribution < -0.4 is 0 Å². The van der Waals surface area contributed by atoms with Crippen molar-refractivity contribution in [1.29, 1.82) is 0 Å². The Morgan fingerprint density at radius 1 is 1.06 bits per heavy atom. The Bertz CT molecular complexity index is 639. The first-order chi connectivity index (χ1) is 8.25. The molecule has 3 aromatic rings. The Morgan fingerprint density at radius 2 is 1.88 bits per heavy atom. The summed E-state index contributed by atoms with van der Waals surface area (Å²) in [6.07, 6.45) is 0. The summed E-state index contributed by atoms with van der Waals surface area (Å²) in [5, 5.41) is 1.01. The molecule has 0 spiro atoms. The van der Waals surface area contributed by atoms with Crippen molar-refractivity contribution < 1.29 is 4.39 Å². The minimum Gasteiger partial charge on any atom is -0.236 e. The summed E-state index contributed by atoms with van der Waals surface area (Å²) in [4.78, 5) is 4.40. The standard InChI is InChI=1S/C13H7ClFNS/c14-8-4-3-5-9(15)12(8)13-16-10-6-1-2-7-11(10)17-13/h1-7H. The van der Waals surface area contributed by atoms with Gasteiger partial charge in [-0.1, -0.05) is 29.8 Å². The maximum atomic E-state index is 13.7. The lowest BCUT2D eigenvalue weighted by Gasteiger charge is -2.00. The molecule has 0 fully saturated rings. The van der Waals surface area contributed by atoms with Crippen LogP contribution in [0.25, 0.3) is 20.8 Å². The van der Waals surface area contributed by atoms with Gasteiger partial charge in [-0.15, -0.1) is 11.3 Å². The third-order valence-corrected chi connectivity index (χ3v) is 3.84. The number of halogens is 2. The van der Waals surface area contributed by atoms with E-state index in [1.807, 2.05) is 24.3 Å². The summed E-state index contributed by atoms with van der Waals surface area (Å²) in [6.45, 7) is 0. The molecule has 1 nitrogen and oxygen atoms in total. The van der Waals surface area contributed by atoms with E-state index in [4.69, 9.17) is 11.6 Å². The molecule has 0 amide bonds. The van der Waals surface area contributed by atoms with E-state index < -0.39 is 0 Å². The molecule has 0 bridgehead atoms. The highest BCUT2D eigenvalue weighted by Crippen LogP contribution is 2.35. The fourth-order valence-corrected chi connectivity index (χ4v) is 3.02. The molecular formula is C13H7ClFNS. The molecule has 4 heteroatoms. The number of para-hydroxylation sites is 1. The van der Waals surface area contributed by atoms with E-state index in [0.717, 1.165) is 10.2 Å². The Hall–Kier alpha value is -1.45. The minimum atomic E-state index is -0.337. The van der Waals surface area contributed by atoms with Gasteiger partial charge in [0.1, 0.15) is 10.8 Å². The van der Waals surface area contributed by atoms with Gasteiger partial charge in [0.05, 0.1) is 20.8 Å². The highest BCUT2D eigenvalue weighted by molar-refractivity contribution is 7.21. The first kappa shape index (κ1) is 10.7. The summed E-state index contributed by atoms with van der Waals surface area (Å²) in [5.41, 5.74) is 1.25. The monoisotopic (exact) mass is 263 g/mol. The highest BCUT2D eigenvalue weighted by atomic mass is 35.5. The molecule has 0 aliphatic heterocycles. The van der Waals surface area contributed by atoms with Crippen LogP contribution in [0.15, 0.2) is 42.5 Å². The van der Waals surface area contributed by atoms with Crippen molar-refractivity contribution in [3.63, 3.8) is 0 Å². The van der Waals surface area contributed by atoms with Crippen molar-refractivity contribution in [1.82, 2.24) is 4.98 Å². The van der Waals surface area contributed by atoms with E-state index in [0.29, 0.717) is 15.6 Å². The normalized spacial score (nSPS) is 10.9. The van der Waals surface area contributed by atoms with Crippen LogP contribution in [0.1, 0.15) is 0 Å². The highest BCUT2D eigenvalue weighted by Gasteiger charge is 2.13. The first-order valence-corrected chi connectivity index (χ1v) is 6.25. The van der Waals surface area contributed by atoms with E-state index in [2.05, 4.69) is 4.98 Å². The van der Waals surface area contributed by atoms with Gasteiger partial charge in [-0.05, 0) is 24.3 Å². The lowest BCUT2D eigenvalue weighted by molar-refractivity contribution is 0.631. The summed E-state index contributed by atoms with van der Waals surface area (Å²) in [7, 11) is 0. The van der Waals surface area contributed by atoms with Gasteiger partial charge >= 0.3 is 0 Å². The van der Waals surface area contributed by atoms with Gasteiger partial charge in [-0.25, -0.2) is 9.37 Å². The lowest BCUT2D eigenvalue weighted by Crippen LogP contribution is -1.84. The van der Waals surface area contributed by atoms with Gasteiger partial charge in [0, 0.05) is 0 Å². The molecule has 0 unspecified atom stereocenters. The van der Waals surface area contributed by atoms with Crippen molar-refractivity contribution in [3.8, 4) is 10.6 Å². The van der Waals surface area contributed by atoms with Crippen LogP contribution in [0.3, 0.4) is 0 Å². The molecule has 3 rings (SSSR count). The van der Waals surface area contributed by atoms with Gasteiger partial charge in [0.2, 0.25) is 0 Å². The van der Waals surface area contributed by atoms with Gasteiger partial charge in [-0.3, -0.25) is 0 Å². The average molecular weight is 264 g/mol. The van der Waals surface area contributed by atoms with Crippen molar-refractivity contribution in [2.75, 3.05) is 0 Å². The van der Waals surface area contributed by atoms with Gasteiger partial charge < -0.3 is 0 Å². The maximum absolute atomic E-state index is 13.7. The predicted octanol–water partition coefficient (Wildman–Crippen LogP) is 4.76. The summed E-state index contributed by atoms with van der Waals surface area (Å²) >= 11 is 7.46. The molecule has 0 radical (unpaired) electrons. The Labute approximate surface area is 106 Å². The first-order valence-electron chi connectivity index (χ1n) is 5.05. The van der Waals surface area contributed by atoms with Crippen LogP contribution in [0.5, 0.6) is 0 Å². The third-order valence-electron chi connectivity index (χ3n) is 2.47. The summed E-state index contributed by atoms with van der Waals surface area (Å²) in [6, 6.07) is 12.4. The zero-order valence-electron chi connectivity index (χ0n) is 8.65. The quantitative estimate of drug-likeness (QED) is 0.617. The SMILES string of the molecule is Fc1cccc(Cl)c1-c1nc2ccccc2s1. The topological polar surface area (TPSA) is 12.9 Å². The minimum absolute atomic E-state index is 0.337. The van der Waals surface area contributed by atoms with E-state index in [-0.39, 0.29) is 5.82 Å². The smallest absolute Gasteiger partial charge is 0.134 e. The Kier molecular flexibility index (Phi) is 2.57. The van der Waals surface area contributed by atoms with E-state index >= 15 is 0 Å². The van der Waals surface area contributed by atoms with Crippen molar-refractivity contribution in [2.45, 2.75) is 0 Å². The zero-order valence-corrected chi connectivity index (χ0v) is 10.2. The maximum Gasteiger partial charge on any atom is 0.134 e. The molecular weight excluding hydrogens is 257 g/mol. The number of hydrogen-bond acceptors (Lipinski definition) is 2. The average Bonchev–Trinajstić information content (AvgIpc) is 2.71. The molecule has 0 atom stereocenters. The fourth-order valence-electron chi connectivity index (χ4n) is 1.68. The summed E-state index contributed by atoms with van der Waals surface area (Å²) < 4.78 is 14.8. The predicted molar refractivity (Wildman–Crippen MR) is 70.0 cm³/mol. The van der Waals surface area contributed by atoms with Crippen LogP contribution in [0.4, 0.5) is 4.39 Å². The van der Waals surface area contributed by atoms with Gasteiger partial charge in [0.15, 0.2) is 0 Å². The van der Waals surface area contributed by atoms with E-state index in [1.54, 1.807) is 12.1 Å². The van der Waals surface area contributed by atoms with Crippen molar-refractivity contribution in [3.05, 3.63) is 53.3 Å². The molecule has 0 aliphatic rings. The van der Waals surface area contributed by atoms with E-state index in [9.17, 15) is 4.39 Å². The molecule has 2 aromatic carbocycles. The second kappa shape index (κ2) is 4.09. The van der Waals surface area contributed by atoms with Crippen LogP contribution in [0, 0.1) is 5.82 Å². The van der Waals surface area contributed by atoms with Crippen LogP contribution in [-0.2, 0) is 0 Å². The number of thiazole rings is 1. The van der Waals surface area contributed by atoms with Crippen molar-refractivity contribution >= 4 is 33.2 Å².